The maximum absolute atomic E-state index is 14.7. The van der Waals surface area contributed by atoms with E-state index in [1.165, 1.54) is 13.3 Å². The van der Waals surface area contributed by atoms with Gasteiger partial charge in [0.2, 0.25) is 0 Å². The summed E-state index contributed by atoms with van der Waals surface area (Å²) in [4.78, 5) is 32.2. The van der Waals surface area contributed by atoms with Crippen LogP contribution in [0.15, 0.2) is 48.7 Å². The van der Waals surface area contributed by atoms with Crippen molar-refractivity contribution in [2.24, 2.45) is 0 Å². The SMILES string of the molecule is CNC1CCC(N(Cc2cc(-c3ccnc(C(=O)OC)c3)ccc2OC)C(=O)c2sc3c(F)ccc(F)c3c2Cl)CC1. The molecule has 11 heteroatoms. The van der Waals surface area contributed by atoms with Crippen LogP contribution < -0.4 is 10.1 Å². The van der Waals surface area contributed by atoms with Crippen LogP contribution in [-0.4, -0.2) is 55.1 Å². The topological polar surface area (TPSA) is 80.8 Å². The van der Waals surface area contributed by atoms with Crippen molar-refractivity contribution < 1.29 is 27.8 Å². The number of halogens is 3. The molecular weight excluding hydrogens is 584 g/mol. The van der Waals surface area contributed by atoms with Crippen molar-refractivity contribution in [3.63, 3.8) is 0 Å². The molecule has 2 heterocycles. The Balaban J connectivity index is 1.56. The number of hydrogen-bond donors (Lipinski definition) is 1. The molecule has 7 nitrogen and oxygen atoms in total. The van der Waals surface area contributed by atoms with Gasteiger partial charge in [0.05, 0.1) is 29.3 Å². The van der Waals surface area contributed by atoms with Gasteiger partial charge >= 0.3 is 5.97 Å². The van der Waals surface area contributed by atoms with Gasteiger partial charge in [0.25, 0.3) is 5.91 Å². The number of pyridine rings is 1. The Kier molecular flexibility index (Phi) is 9.05. The van der Waals surface area contributed by atoms with Crippen LogP contribution in [0.5, 0.6) is 5.75 Å². The quantitative estimate of drug-likeness (QED) is 0.219. The van der Waals surface area contributed by atoms with E-state index in [0.717, 1.165) is 65.8 Å². The second-order valence-electron chi connectivity index (χ2n) is 10.2. The largest absolute Gasteiger partial charge is 0.496 e. The number of nitrogens with zero attached hydrogens (tertiary/aromatic N) is 2. The molecule has 1 fully saturated rings. The molecule has 1 aliphatic rings. The summed E-state index contributed by atoms with van der Waals surface area (Å²) in [7, 11) is 4.78. The summed E-state index contributed by atoms with van der Waals surface area (Å²) in [5, 5.41) is 3.14. The van der Waals surface area contributed by atoms with Gasteiger partial charge in [-0.15, -0.1) is 11.3 Å². The third-order valence-electron chi connectivity index (χ3n) is 7.79. The van der Waals surface area contributed by atoms with Crippen LogP contribution in [0.3, 0.4) is 0 Å². The molecule has 0 spiro atoms. The molecule has 5 rings (SSSR count). The van der Waals surface area contributed by atoms with Crippen molar-refractivity contribution in [1.29, 1.82) is 0 Å². The lowest BCUT2D eigenvalue weighted by atomic mass is 9.89. The Morgan fingerprint density at radius 3 is 2.43 bits per heavy atom. The normalized spacial score (nSPS) is 16.8. The Hall–Kier alpha value is -3.60. The molecule has 0 radical (unpaired) electrons. The van der Waals surface area contributed by atoms with Gasteiger partial charge < -0.3 is 19.7 Å². The molecule has 0 saturated heterocycles. The zero-order chi connectivity index (χ0) is 30.0. The van der Waals surface area contributed by atoms with Crippen LogP contribution in [0.4, 0.5) is 8.78 Å². The highest BCUT2D eigenvalue weighted by molar-refractivity contribution is 7.21. The minimum Gasteiger partial charge on any atom is -0.496 e. The highest BCUT2D eigenvalue weighted by atomic mass is 35.5. The molecule has 2 aromatic carbocycles. The summed E-state index contributed by atoms with van der Waals surface area (Å²) in [6.45, 7) is 0.176. The zero-order valence-corrected chi connectivity index (χ0v) is 25.0. The Morgan fingerprint density at radius 2 is 1.76 bits per heavy atom. The lowest BCUT2D eigenvalue weighted by molar-refractivity contribution is 0.0590. The summed E-state index contributed by atoms with van der Waals surface area (Å²) in [6.07, 6.45) is 4.77. The molecule has 1 amide bonds. The number of benzene rings is 2. The predicted molar refractivity (Wildman–Crippen MR) is 159 cm³/mol. The van der Waals surface area contributed by atoms with Gasteiger partial charge in [0.15, 0.2) is 0 Å². The Bertz CT molecular complexity index is 1640. The van der Waals surface area contributed by atoms with Gasteiger partial charge in [-0.1, -0.05) is 17.7 Å². The number of esters is 1. The number of carbonyl (C=O) groups is 2. The standard InChI is InChI=1S/C31H30ClF2N3O4S/c1-35-20-5-7-21(8-6-20)37(30(38)29-27(32)26-22(33)9-10-23(34)28(26)42-29)16-19-14-17(4-11-25(19)40-2)18-12-13-36-24(15-18)31(39)41-3/h4,9-15,20-21,35H,5-8,16H2,1-3H3. The molecule has 1 aliphatic carbocycles. The van der Waals surface area contributed by atoms with Gasteiger partial charge in [-0.25, -0.2) is 18.6 Å². The molecule has 4 aromatic rings. The van der Waals surface area contributed by atoms with E-state index in [0.29, 0.717) is 11.8 Å². The number of fused-ring (bicyclic) bond motifs is 1. The number of methoxy groups -OCH3 is 2. The summed E-state index contributed by atoms with van der Waals surface area (Å²) in [5.74, 6) is -1.67. The number of aromatic nitrogens is 1. The van der Waals surface area contributed by atoms with E-state index in [1.54, 1.807) is 30.2 Å². The third-order valence-corrected chi connectivity index (χ3v) is 9.47. The van der Waals surface area contributed by atoms with E-state index in [9.17, 15) is 18.4 Å². The van der Waals surface area contributed by atoms with E-state index in [2.05, 4.69) is 10.3 Å². The fourth-order valence-electron chi connectivity index (χ4n) is 5.50. The Labute approximate surface area is 251 Å². The lowest BCUT2D eigenvalue weighted by Gasteiger charge is -2.37. The van der Waals surface area contributed by atoms with Crippen molar-refractivity contribution in [3.8, 4) is 16.9 Å². The summed E-state index contributed by atoms with van der Waals surface area (Å²) < 4.78 is 39.8. The first-order valence-electron chi connectivity index (χ1n) is 13.5. The predicted octanol–water partition coefficient (Wildman–Crippen LogP) is 6.86. The van der Waals surface area contributed by atoms with Crippen LogP contribution in [0.1, 0.15) is 51.4 Å². The fraction of sp³-hybridized carbons (Fsp3) is 0.323. The van der Waals surface area contributed by atoms with E-state index in [1.807, 2.05) is 19.2 Å². The van der Waals surface area contributed by atoms with Crippen molar-refractivity contribution >= 4 is 44.9 Å². The molecule has 0 bridgehead atoms. The van der Waals surface area contributed by atoms with Gasteiger partial charge in [0.1, 0.15) is 28.0 Å². The highest BCUT2D eigenvalue weighted by Gasteiger charge is 2.33. The smallest absolute Gasteiger partial charge is 0.356 e. The van der Waals surface area contributed by atoms with Gasteiger partial charge in [-0.2, -0.15) is 0 Å². The number of nitrogens with one attached hydrogen (secondary N) is 1. The molecule has 1 N–H and O–H groups in total. The van der Waals surface area contributed by atoms with Crippen LogP contribution in [0.2, 0.25) is 5.02 Å². The van der Waals surface area contributed by atoms with Crippen LogP contribution in [0, 0.1) is 11.6 Å². The molecule has 0 aliphatic heterocycles. The van der Waals surface area contributed by atoms with Gasteiger partial charge in [-0.3, -0.25) is 4.79 Å². The fourth-order valence-corrected chi connectivity index (χ4v) is 7.01. The minimum atomic E-state index is -0.675. The van der Waals surface area contributed by atoms with E-state index in [-0.39, 0.29) is 38.3 Å². The number of hydrogen-bond acceptors (Lipinski definition) is 7. The van der Waals surface area contributed by atoms with Gasteiger partial charge in [-0.05, 0) is 80.3 Å². The first-order valence-corrected chi connectivity index (χ1v) is 14.7. The Morgan fingerprint density at radius 1 is 1.05 bits per heavy atom. The number of ether oxygens (including phenoxy) is 2. The lowest BCUT2D eigenvalue weighted by Crippen LogP contribution is -2.44. The summed E-state index contributed by atoms with van der Waals surface area (Å²) in [6, 6.07) is 11.3. The molecule has 220 valence electrons. The maximum atomic E-state index is 14.7. The maximum Gasteiger partial charge on any atom is 0.356 e. The number of amides is 1. The van der Waals surface area contributed by atoms with Crippen LogP contribution >= 0.6 is 22.9 Å². The van der Waals surface area contributed by atoms with Gasteiger partial charge in [0, 0.05) is 30.4 Å². The average molecular weight is 614 g/mol. The first-order chi connectivity index (χ1) is 20.2. The van der Waals surface area contributed by atoms with E-state index < -0.39 is 23.5 Å². The molecule has 2 aromatic heterocycles. The van der Waals surface area contributed by atoms with Crippen molar-refractivity contribution in [3.05, 3.63) is 81.5 Å². The minimum absolute atomic E-state index is 0.0147. The summed E-state index contributed by atoms with van der Waals surface area (Å²) in [5.41, 5.74) is 2.42. The van der Waals surface area contributed by atoms with Crippen LogP contribution in [-0.2, 0) is 11.3 Å². The highest BCUT2D eigenvalue weighted by Crippen LogP contribution is 2.40. The molecule has 42 heavy (non-hydrogen) atoms. The molecule has 1 saturated carbocycles. The second-order valence-corrected chi connectivity index (χ2v) is 11.6. The number of carbonyl (C=O) groups excluding carboxylic acids is 2. The van der Waals surface area contributed by atoms with Crippen LogP contribution in [0.25, 0.3) is 21.2 Å². The molecule has 0 atom stereocenters. The molecular formula is C31H30ClF2N3O4S. The monoisotopic (exact) mass is 613 g/mol. The van der Waals surface area contributed by atoms with E-state index in [4.69, 9.17) is 21.1 Å². The zero-order valence-electron chi connectivity index (χ0n) is 23.4. The van der Waals surface area contributed by atoms with Crippen molar-refractivity contribution in [2.75, 3.05) is 21.3 Å². The number of rotatable bonds is 8. The van der Waals surface area contributed by atoms with Crippen molar-refractivity contribution in [2.45, 2.75) is 44.3 Å². The second kappa shape index (κ2) is 12.7. The first kappa shape index (κ1) is 29.9. The molecule has 0 unspecified atom stereocenters. The third kappa shape index (κ3) is 5.84. The number of thiophene rings is 1. The van der Waals surface area contributed by atoms with E-state index >= 15 is 0 Å². The average Bonchev–Trinajstić information content (AvgIpc) is 3.39. The summed E-state index contributed by atoms with van der Waals surface area (Å²) >= 11 is 7.42. The van der Waals surface area contributed by atoms with Crippen molar-refractivity contribution in [1.82, 2.24) is 15.2 Å².